The molecule has 0 fully saturated rings. The van der Waals surface area contributed by atoms with Crippen LogP contribution < -0.4 is 0 Å². The van der Waals surface area contributed by atoms with E-state index in [2.05, 4.69) is 4.74 Å². The van der Waals surface area contributed by atoms with Gasteiger partial charge in [-0.25, -0.2) is 17.6 Å². The summed E-state index contributed by atoms with van der Waals surface area (Å²) in [5.74, 6) is -9.19. The topological polar surface area (TPSA) is 46.5 Å². The Morgan fingerprint density at radius 3 is 1.78 bits per heavy atom. The van der Waals surface area contributed by atoms with Crippen LogP contribution in [0.1, 0.15) is 20.3 Å². The van der Waals surface area contributed by atoms with E-state index in [0.717, 1.165) is 6.92 Å². The SMILES string of the molecule is CCC(C)C(=O)OC(C(F)F)C(F)(F)C(O)(C(F)F)C(F)(F)F. The Morgan fingerprint density at radius 2 is 1.52 bits per heavy atom. The lowest BCUT2D eigenvalue weighted by Crippen LogP contribution is -2.69. The van der Waals surface area contributed by atoms with Gasteiger partial charge in [0.2, 0.25) is 6.10 Å². The Labute approximate surface area is 124 Å². The van der Waals surface area contributed by atoms with Crippen molar-refractivity contribution in [1.82, 2.24) is 0 Å². The van der Waals surface area contributed by atoms with Crippen LogP contribution in [0, 0.1) is 5.92 Å². The van der Waals surface area contributed by atoms with E-state index in [9.17, 15) is 44.3 Å². The molecule has 0 aliphatic rings. The molecule has 0 bridgehead atoms. The van der Waals surface area contributed by atoms with Crippen LogP contribution in [0.3, 0.4) is 0 Å². The number of hydrogen-bond acceptors (Lipinski definition) is 3. The number of carbonyl (C=O) groups is 1. The molecule has 3 unspecified atom stereocenters. The molecule has 0 spiro atoms. The van der Waals surface area contributed by atoms with Crippen molar-refractivity contribution in [3.05, 3.63) is 0 Å². The molecule has 12 heteroatoms. The molecular formula is C11H13F9O3. The third-order valence-electron chi connectivity index (χ3n) is 3.10. The van der Waals surface area contributed by atoms with E-state index in [0.29, 0.717) is 0 Å². The first-order chi connectivity index (χ1) is 10.1. The quantitative estimate of drug-likeness (QED) is 0.556. The van der Waals surface area contributed by atoms with Gasteiger partial charge in [0.05, 0.1) is 5.92 Å². The van der Waals surface area contributed by atoms with Gasteiger partial charge in [0.1, 0.15) is 0 Å². The maximum absolute atomic E-state index is 13.7. The molecule has 0 aromatic carbocycles. The lowest BCUT2D eigenvalue weighted by atomic mass is 9.90. The summed E-state index contributed by atoms with van der Waals surface area (Å²) < 4.78 is 118. The summed E-state index contributed by atoms with van der Waals surface area (Å²) in [4.78, 5) is 11.2. The first-order valence-corrected chi connectivity index (χ1v) is 6.08. The molecule has 0 aromatic heterocycles. The fraction of sp³-hybridized carbons (Fsp3) is 0.909. The Hall–Kier alpha value is -1.20. The Morgan fingerprint density at radius 1 is 1.09 bits per heavy atom. The largest absolute Gasteiger partial charge is 0.449 e. The van der Waals surface area contributed by atoms with Crippen molar-refractivity contribution in [3.8, 4) is 0 Å². The van der Waals surface area contributed by atoms with Crippen molar-refractivity contribution in [2.45, 2.75) is 56.9 Å². The molecule has 0 radical (unpaired) electrons. The van der Waals surface area contributed by atoms with Crippen LogP contribution in [0.4, 0.5) is 39.5 Å². The Balaban J connectivity index is 5.89. The lowest BCUT2D eigenvalue weighted by Gasteiger charge is -2.39. The normalized spacial score (nSPS) is 18.7. The maximum atomic E-state index is 13.7. The van der Waals surface area contributed by atoms with Gasteiger partial charge in [0.25, 0.3) is 18.5 Å². The average Bonchev–Trinajstić information content (AvgIpc) is 2.39. The zero-order valence-electron chi connectivity index (χ0n) is 11.7. The molecule has 138 valence electrons. The Kier molecular flexibility index (Phi) is 6.77. The minimum absolute atomic E-state index is 0.0985. The summed E-state index contributed by atoms with van der Waals surface area (Å²) in [6.07, 6.45) is -20.6. The standard InChI is InChI=1S/C11H13F9O3/c1-3-4(2)7(21)23-5(6(12)13)10(16,17)9(22,8(14)15)11(18,19)20/h4-6,8,22H,3H2,1-2H3. The summed E-state index contributed by atoms with van der Waals surface area (Å²) in [7, 11) is 0. The van der Waals surface area contributed by atoms with Crippen molar-refractivity contribution in [2.75, 3.05) is 0 Å². The number of aliphatic hydroxyl groups is 1. The summed E-state index contributed by atoms with van der Waals surface area (Å²) in [6, 6.07) is 0. The van der Waals surface area contributed by atoms with Gasteiger partial charge in [0, 0.05) is 0 Å². The first-order valence-electron chi connectivity index (χ1n) is 6.08. The molecule has 3 atom stereocenters. The molecule has 0 aromatic rings. The number of halogens is 9. The van der Waals surface area contributed by atoms with Gasteiger partial charge in [-0.05, 0) is 6.42 Å². The van der Waals surface area contributed by atoms with Crippen LogP contribution in [0.5, 0.6) is 0 Å². The highest BCUT2D eigenvalue weighted by atomic mass is 19.4. The predicted molar refractivity (Wildman–Crippen MR) is 57.3 cm³/mol. The number of carbonyl (C=O) groups excluding carboxylic acids is 1. The minimum atomic E-state index is -6.67. The predicted octanol–water partition coefficient (Wildman–Crippen LogP) is 3.40. The zero-order chi connectivity index (χ0) is 18.8. The third-order valence-corrected chi connectivity index (χ3v) is 3.10. The van der Waals surface area contributed by atoms with Gasteiger partial charge in [-0.2, -0.15) is 22.0 Å². The third kappa shape index (κ3) is 4.01. The van der Waals surface area contributed by atoms with E-state index in [1.807, 2.05) is 0 Å². The molecule has 3 nitrogen and oxygen atoms in total. The van der Waals surface area contributed by atoms with E-state index in [-0.39, 0.29) is 6.42 Å². The van der Waals surface area contributed by atoms with Gasteiger partial charge in [-0.1, -0.05) is 13.8 Å². The van der Waals surface area contributed by atoms with Gasteiger partial charge in [-0.15, -0.1) is 0 Å². The smallest absolute Gasteiger partial charge is 0.429 e. The highest BCUT2D eigenvalue weighted by Gasteiger charge is 2.78. The highest BCUT2D eigenvalue weighted by Crippen LogP contribution is 2.49. The molecule has 0 heterocycles. The van der Waals surface area contributed by atoms with E-state index in [4.69, 9.17) is 5.11 Å². The molecule has 0 aliphatic carbocycles. The van der Waals surface area contributed by atoms with Crippen LogP contribution in [0.15, 0.2) is 0 Å². The second-order valence-electron chi connectivity index (χ2n) is 4.69. The molecule has 0 saturated carbocycles. The zero-order valence-corrected chi connectivity index (χ0v) is 11.7. The maximum Gasteiger partial charge on any atom is 0.429 e. The summed E-state index contributed by atoms with van der Waals surface area (Å²) >= 11 is 0. The van der Waals surface area contributed by atoms with Crippen LogP contribution in [0.25, 0.3) is 0 Å². The molecule has 0 aliphatic heterocycles. The van der Waals surface area contributed by atoms with Gasteiger partial charge >= 0.3 is 18.1 Å². The van der Waals surface area contributed by atoms with Crippen LogP contribution in [-0.2, 0) is 9.53 Å². The fourth-order valence-electron chi connectivity index (χ4n) is 1.37. The van der Waals surface area contributed by atoms with Gasteiger partial charge < -0.3 is 9.84 Å². The molecule has 0 amide bonds. The van der Waals surface area contributed by atoms with Gasteiger partial charge in [-0.3, -0.25) is 4.79 Å². The highest BCUT2D eigenvalue weighted by molar-refractivity contribution is 5.72. The molecule has 0 rings (SSSR count). The number of hydrogen-bond donors (Lipinski definition) is 1. The molecule has 1 N–H and O–H groups in total. The van der Waals surface area contributed by atoms with E-state index >= 15 is 0 Å². The van der Waals surface area contributed by atoms with Gasteiger partial charge in [0.15, 0.2) is 0 Å². The summed E-state index contributed by atoms with van der Waals surface area (Å²) in [5, 5.41) is 8.73. The van der Waals surface area contributed by atoms with Crippen LogP contribution >= 0.6 is 0 Å². The van der Waals surface area contributed by atoms with E-state index in [1.165, 1.54) is 6.92 Å². The number of esters is 1. The number of ether oxygens (including phenoxy) is 1. The summed E-state index contributed by atoms with van der Waals surface area (Å²) in [6.45, 7) is 2.35. The van der Waals surface area contributed by atoms with Crippen molar-refractivity contribution in [3.63, 3.8) is 0 Å². The van der Waals surface area contributed by atoms with Crippen molar-refractivity contribution >= 4 is 5.97 Å². The summed E-state index contributed by atoms with van der Waals surface area (Å²) in [5.41, 5.74) is -6.11. The number of alkyl halides is 9. The molecular weight excluding hydrogens is 351 g/mol. The minimum Gasteiger partial charge on any atom is -0.449 e. The molecule has 0 saturated heterocycles. The van der Waals surface area contributed by atoms with Crippen molar-refractivity contribution in [1.29, 1.82) is 0 Å². The monoisotopic (exact) mass is 364 g/mol. The van der Waals surface area contributed by atoms with Crippen LogP contribution in [0.2, 0.25) is 0 Å². The average molecular weight is 364 g/mol. The van der Waals surface area contributed by atoms with E-state index in [1.54, 1.807) is 0 Å². The first kappa shape index (κ1) is 21.8. The second-order valence-corrected chi connectivity index (χ2v) is 4.69. The second kappa shape index (κ2) is 7.14. The Bertz CT molecular complexity index is 410. The van der Waals surface area contributed by atoms with Crippen LogP contribution in [-0.4, -0.2) is 47.7 Å². The lowest BCUT2D eigenvalue weighted by molar-refractivity contribution is -0.386. The van der Waals surface area contributed by atoms with E-state index < -0.39 is 48.5 Å². The van der Waals surface area contributed by atoms with Crippen molar-refractivity contribution in [2.24, 2.45) is 5.92 Å². The number of rotatable bonds is 7. The van der Waals surface area contributed by atoms with Crippen molar-refractivity contribution < 1.29 is 54.2 Å². The molecule has 23 heavy (non-hydrogen) atoms. The fourth-order valence-corrected chi connectivity index (χ4v) is 1.37.